The smallest absolute Gasteiger partial charge is 0.258 e. The van der Waals surface area contributed by atoms with Gasteiger partial charge in [-0.3, -0.25) is 0 Å². The molecule has 1 unspecified atom stereocenters. The normalized spacial score (nSPS) is 12.2. The molecule has 0 aliphatic heterocycles. The minimum Gasteiger partial charge on any atom is -0.394 e. The average molecular weight is 264 g/mol. The van der Waals surface area contributed by atoms with E-state index in [-0.39, 0.29) is 12.6 Å². The van der Waals surface area contributed by atoms with Crippen LogP contribution in [0.3, 0.4) is 0 Å². The molecular formula is C10H16N8O. The van der Waals surface area contributed by atoms with E-state index in [1.54, 1.807) is 7.05 Å². The number of nitrogens with one attached hydrogen (secondary N) is 2. The number of rotatable bonds is 6. The minimum atomic E-state index is -0.101. The van der Waals surface area contributed by atoms with Crippen molar-refractivity contribution in [1.29, 1.82) is 0 Å². The first-order chi connectivity index (χ1) is 9.26. The zero-order chi connectivity index (χ0) is 13.7. The number of aromatic nitrogens is 6. The summed E-state index contributed by atoms with van der Waals surface area (Å²) in [4.78, 5) is 16.4. The molecule has 9 nitrogen and oxygen atoms in total. The SMILES string of the molecule is CCC(CO)Nc1nc(NC)nc(-n2cncn2)n1. The van der Waals surface area contributed by atoms with E-state index in [1.165, 1.54) is 17.3 Å². The fraction of sp³-hybridized carbons (Fsp3) is 0.500. The lowest BCUT2D eigenvalue weighted by Gasteiger charge is -2.14. The molecule has 0 amide bonds. The highest BCUT2D eigenvalue weighted by atomic mass is 16.3. The predicted octanol–water partition coefficient (Wildman–Crippen LogP) is -0.323. The molecule has 0 saturated carbocycles. The maximum absolute atomic E-state index is 9.19. The first-order valence-corrected chi connectivity index (χ1v) is 5.93. The van der Waals surface area contributed by atoms with E-state index in [4.69, 9.17) is 0 Å². The summed E-state index contributed by atoms with van der Waals surface area (Å²) in [6, 6.07) is -0.101. The van der Waals surface area contributed by atoms with E-state index < -0.39 is 0 Å². The molecule has 0 aliphatic rings. The van der Waals surface area contributed by atoms with Gasteiger partial charge in [0.05, 0.1) is 12.6 Å². The Morgan fingerprint density at radius 2 is 2.11 bits per heavy atom. The van der Waals surface area contributed by atoms with Crippen molar-refractivity contribution in [3.63, 3.8) is 0 Å². The topological polar surface area (TPSA) is 114 Å². The third-order valence-corrected chi connectivity index (χ3v) is 2.52. The second-order valence-electron chi connectivity index (χ2n) is 3.80. The van der Waals surface area contributed by atoms with E-state index in [1.807, 2.05) is 6.92 Å². The Labute approximate surface area is 110 Å². The monoisotopic (exact) mass is 264 g/mol. The maximum Gasteiger partial charge on any atom is 0.258 e. The number of hydrogen-bond acceptors (Lipinski definition) is 8. The number of anilines is 2. The summed E-state index contributed by atoms with van der Waals surface area (Å²) in [6.07, 6.45) is 3.66. The summed E-state index contributed by atoms with van der Waals surface area (Å²) in [7, 11) is 1.72. The Bertz CT molecular complexity index is 510. The molecule has 0 aromatic carbocycles. The van der Waals surface area contributed by atoms with Crippen molar-refractivity contribution in [3.05, 3.63) is 12.7 Å². The molecule has 0 saturated heterocycles. The molecule has 0 bridgehead atoms. The van der Waals surface area contributed by atoms with E-state index in [9.17, 15) is 5.11 Å². The van der Waals surface area contributed by atoms with Gasteiger partial charge in [0.1, 0.15) is 12.7 Å². The van der Waals surface area contributed by atoms with Crippen molar-refractivity contribution in [2.24, 2.45) is 0 Å². The molecule has 19 heavy (non-hydrogen) atoms. The van der Waals surface area contributed by atoms with Crippen molar-refractivity contribution in [1.82, 2.24) is 29.7 Å². The van der Waals surface area contributed by atoms with Gasteiger partial charge >= 0.3 is 0 Å². The van der Waals surface area contributed by atoms with Gasteiger partial charge in [-0.25, -0.2) is 4.98 Å². The van der Waals surface area contributed by atoms with Crippen LogP contribution in [-0.4, -0.2) is 54.5 Å². The number of aliphatic hydroxyl groups excluding tert-OH is 1. The highest BCUT2D eigenvalue weighted by Gasteiger charge is 2.11. The third kappa shape index (κ3) is 3.13. The van der Waals surface area contributed by atoms with E-state index in [0.29, 0.717) is 17.8 Å². The highest BCUT2D eigenvalue weighted by Crippen LogP contribution is 2.09. The Morgan fingerprint density at radius 1 is 1.32 bits per heavy atom. The number of aliphatic hydroxyl groups is 1. The quantitative estimate of drug-likeness (QED) is 0.650. The fourth-order valence-electron chi connectivity index (χ4n) is 1.41. The number of hydrogen-bond donors (Lipinski definition) is 3. The molecule has 1 atom stereocenters. The van der Waals surface area contributed by atoms with Gasteiger partial charge in [0.15, 0.2) is 0 Å². The van der Waals surface area contributed by atoms with Gasteiger partial charge in [-0.05, 0) is 6.42 Å². The van der Waals surface area contributed by atoms with Gasteiger partial charge in [0.25, 0.3) is 5.95 Å². The van der Waals surface area contributed by atoms with Crippen LogP contribution < -0.4 is 10.6 Å². The third-order valence-electron chi connectivity index (χ3n) is 2.52. The lowest BCUT2D eigenvalue weighted by atomic mass is 10.2. The average Bonchev–Trinajstić information content (AvgIpc) is 2.98. The lowest BCUT2D eigenvalue weighted by molar-refractivity contribution is 0.271. The summed E-state index contributed by atoms with van der Waals surface area (Å²) in [5, 5.41) is 19.1. The second-order valence-corrected chi connectivity index (χ2v) is 3.80. The van der Waals surface area contributed by atoms with Crippen LogP contribution >= 0.6 is 0 Å². The standard InChI is InChI=1S/C10H16N8O/c1-3-7(4-19)14-9-15-8(11-2)16-10(17-9)18-6-12-5-13-18/h5-7,19H,3-4H2,1-2H3,(H2,11,14,15,16,17). The molecule has 0 spiro atoms. The maximum atomic E-state index is 9.19. The molecule has 0 fully saturated rings. The molecule has 2 aromatic rings. The van der Waals surface area contributed by atoms with Gasteiger partial charge in [0.2, 0.25) is 11.9 Å². The zero-order valence-corrected chi connectivity index (χ0v) is 10.8. The Kier molecular flexibility index (Phi) is 4.18. The van der Waals surface area contributed by atoms with Crippen LogP contribution in [0.15, 0.2) is 12.7 Å². The van der Waals surface area contributed by atoms with Crippen LogP contribution in [0.5, 0.6) is 0 Å². The van der Waals surface area contributed by atoms with Crippen LogP contribution in [0.25, 0.3) is 5.95 Å². The first-order valence-electron chi connectivity index (χ1n) is 5.93. The largest absolute Gasteiger partial charge is 0.394 e. The second kappa shape index (κ2) is 6.05. The van der Waals surface area contributed by atoms with Gasteiger partial charge in [-0.1, -0.05) is 6.92 Å². The zero-order valence-electron chi connectivity index (χ0n) is 10.8. The van der Waals surface area contributed by atoms with Crippen LogP contribution in [0.4, 0.5) is 11.9 Å². The van der Waals surface area contributed by atoms with Crippen LogP contribution in [0.2, 0.25) is 0 Å². The van der Waals surface area contributed by atoms with Crippen molar-refractivity contribution < 1.29 is 5.11 Å². The van der Waals surface area contributed by atoms with Gasteiger partial charge in [-0.15, -0.1) is 0 Å². The molecule has 2 rings (SSSR count). The first kappa shape index (κ1) is 13.1. The van der Waals surface area contributed by atoms with Crippen molar-refractivity contribution in [2.45, 2.75) is 19.4 Å². The highest BCUT2D eigenvalue weighted by molar-refractivity contribution is 5.37. The van der Waals surface area contributed by atoms with E-state index in [2.05, 4.69) is 35.7 Å². The molecule has 2 heterocycles. The van der Waals surface area contributed by atoms with Crippen molar-refractivity contribution in [2.75, 3.05) is 24.3 Å². The fourth-order valence-corrected chi connectivity index (χ4v) is 1.41. The van der Waals surface area contributed by atoms with Crippen LogP contribution in [-0.2, 0) is 0 Å². The Hall–Kier alpha value is -2.29. The van der Waals surface area contributed by atoms with Gasteiger partial charge in [0, 0.05) is 7.05 Å². The summed E-state index contributed by atoms with van der Waals surface area (Å²) in [5.74, 6) is 1.15. The molecular weight excluding hydrogens is 248 g/mol. The Morgan fingerprint density at radius 3 is 2.68 bits per heavy atom. The minimum absolute atomic E-state index is 0.00965. The lowest BCUT2D eigenvalue weighted by Crippen LogP contribution is -2.24. The summed E-state index contributed by atoms with van der Waals surface area (Å²) in [5.41, 5.74) is 0. The molecule has 0 aliphatic carbocycles. The van der Waals surface area contributed by atoms with E-state index >= 15 is 0 Å². The molecule has 2 aromatic heterocycles. The molecule has 102 valence electrons. The molecule has 0 radical (unpaired) electrons. The summed E-state index contributed by atoms with van der Waals surface area (Å²) < 4.78 is 1.44. The van der Waals surface area contributed by atoms with E-state index in [0.717, 1.165) is 6.42 Å². The summed E-state index contributed by atoms with van der Waals surface area (Å²) >= 11 is 0. The predicted molar refractivity (Wildman–Crippen MR) is 69.1 cm³/mol. The number of nitrogens with zero attached hydrogens (tertiary/aromatic N) is 6. The Balaban J connectivity index is 2.31. The van der Waals surface area contributed by atoms with Gasteiger partial charge < -0.3 is 15.7 Å². The molecule has 3 N–H and O–H groups in total. The van der Waals surface area contributed by atoms with Crippen LogP contribution in [0, 0.1) is 0 Å². The molecule has 9 heteroatoms. The summed E-state index contributed by atoms with van der Waals surface area (Å²) in [6.45, 7) is 1.97. The van der Waals surface area contributed by atoms with Crippen molar-refractivity contribution in [3.8, 4) is 5.95 Å². The van der Waals surface area contributed by atoms with Gasteiger partial charge in [-0.2, -0.15) is 24.7 Å². The van der Waals surface area contributed by atoms with Crippen LogP contribution in [0.1, 0.15) is 13.3 Å². The van der Waals surface area contributed by atoms with Crippen molar-refractivity contribution >= 4 is 11.9 Å².